The molecule has 1 aliphatic heterocycles. The van der Waals surface area contributed by atoms with Crippen molar-refractivity contribution in [1.29, 1.82) is 0 Å². The van der Waals surface area contributed by atoms with Gasteiger partial charge in [-0.3, -0.25) is 14.5 Å². The third-order valence-corrected chi connectivity index (χ3v) is 7.86. The molecule has 0 aromatic heterocycles. The number of hydrogen-bond donors (Lipinski definition) is 3. The summed E-state index contributed by atoms with van der Waals surface area (Å²) < 4.78 is 92.8. The van der Waals surface area contributed by atoms with Crippen LogP contribution in [0.15, 0.2) is 30.3 Å². The van der Waals surface area contributed by atoms with Crippen LogP contribution in [0.25, 0.3) is 0 Å². The van der Waals surface area contributed by atoms with Crippen molar-refractivity contribution in [1.82, 2.24) is 14.9 Å². The van der Waals surface area contributed by atoms with Crippen molar-refractivity contribution in [3.8, 4) is 0 Å². The average Bonchev–Trinajstić information content (AvgIpc) is 2.91. The van der Waals surface area contributed by atoms with E-state index in [0.717, 1.165) is 18.4 Å². The van der Waals surface area contributed by atoms with E-state index in [9.17, 15) is 40.0 Å². The number of piperazine rings is 1. The molecule has 2 aromatic carbocycles. The number of rotatable bonds is 12. The van der Waals surface area contributed by atoms with Gasteiger partial charge in [0.25, 0.3) is 5.91 Å². The Kier molecular flexibility index (Phi) is 12.0. The first-order valence-corrected chi connectivity index (χ1v) is 16.0. The van der Waals surface area contributed by atoms with Crippen LogP contribution in [0.1, 0.15) is 42.6 Å². The van der Waals surface area contributed by atoms with E-state index in [2.05, 4.69) is 10.6 Å². The molecule has 0 unspecified atom stereocenters. The number of carbonyl (C=O) groups excluding carboxylic acids is 2. The van der Waals surface area contributed by atoms with Gasteiger partial charge >= 0.3 is 6.18 Å². The predicted molar refractivity (Wildman–Crippen MR) is 158 cm³/mol. The van der Waals surface area contributed by atoms with Crippen molar-refractivity contribution < 1.29 is 40.0 Å². The van der Waals surface area contributed by atoms with Crippen LogP contribution in [0.4, 0.5) is 33.3 Å². The molecule has 0 spiro atoms. The van der Waals surface area contributed by atoms with Gasteiger partial charge in [0, 0.05) is 49.4 Å². The molecular formula is C28H35ClF5N5O4S. The number of benzene rings is 2. The van der Waals surface area contributed by atoms with Crippen LogP contribution >= 0.6 is 11.6 Å². The zero-order chi connectivity index (χ0) is 32.8. The first kappa shape index (κ1) is 35.5. The number of anilines is 2. The number of sulfonamides is 1. The van der Waals surface area contributed by atoms with Crippen LogP contribution in [0, 0.1) is 17.6 Å². The minimum absolute atomic E-state index is 0.129. The fourth-order valence-corrected chi connectivity index (χ4v) is 5.42. The first-order valence-electron chi connectivity index (χ1n) is 13.8. The van der Waals surface area contributed by atoms with Crippen LogP contribution in [0.5, 0.6) is 0 Å². The number of carbonyl (C=O) groups is 2. The summed E-state index contributed by atoms with van der Waals surface area (Å²) in [4.78, 5) is 28.6. The highest BCUT2D eigenvalue weighted by Gasteiger charge is 2.33. The van der Waals surface area contributed by atoms with E-state index in [1.54, 1.807) is 6.07 Å². The Bertz CT molecular complexity index is 1460. The average molecular weight is 668 g/mol. The van der Waals surface area contributed by atoms with E-state index in [4.69, 9.17) is 11.6 Å². The smallest absolute Gasteiger partial charge is 0.367 e. The maximum Gasteiger partial charge on any atom is 0.390 e. The minimum Gasteiger partial charge on any atom is -0.367 e. The summed E-state index contributed by atoms with van der Waals surface area (Å²) in [5.41, 5.74) is -0.135. The van der Waals surface area contributed by atoms with Crippen LogP contribution in [-0.2, 0) is 21.4 Å². The maximum atomic E-state index is 15.0. The lowest BCUT2D eigenvalue weighted by atomic mass is 9.99. The second-order valence-electron chi connectivity index (χ2n) is 11.0. The normalized spacial score (nSPS) is 16.3. The highest BCUT2D eigenvalue weighted by molar-refractivity contribution is 7.88. The van der Waals surface area contributed by atoms with Gasteiger partial charge in [-0.1, -0.05) is 31.5 Å². The summed E-state index contributed by atoms with van der Waals surface area (Å²) in [6, 6.07) is 6.58. The Morgan fingerprint density at radius 1 is 1.09 bits per heavy atom. The molecule has 244 valence electrons. The minimum atomic E-state index is -4.28. The summed E-state index contributed by atoms with van der Waals surface area (Å²) >= 11 is 6.25. The molecule has 44 heavy (non-hydrogen) atoms. The van der Waals surface area contributed by atoms with Gasteiger partial charge in [0.1, 0.15) is 0 Å². The molecule has 16 heteroatoms. The van der Waals surface area contributed by atoms with E-state index in [0.29, 0.717) is 36.8 Å². The van der Waals surface area contributed by atoms with Gasteiger partial charge in [0.2, 0.25) is 15.9 Å². The molecule has 0 saturated carbocycles. The SMILES string of the molecule is CC(C)C[C@H]1CN(c2cc(Cl)ccc2NC(=O)c2ccc(CNC(=O)CNS(C)(=O)=O)c(F)c2F)CCN1CCC(F)(F)F. The number of nitrogens with zero attached hydrogens (tertiary/aromatic N) is 2. The zero-order valence-electron chi connectivity index (χ0n) is 24.4. The Labute approximate surface area is 258 Å². The maximum absolute atomic E-state index is 15.0. The quantitative estimate of drug-likeness (QED) is 0.287. The van der Waals surface area contributed by atoms with Crippen molar-refractivity contribution in [3.05, 3.63) is 58.1 Å². The third kappa shape index (κ3) is 10.6. The molecule has 1 fully saturated rings. The molecule has 3 rings (SSSR count). The lowest BCUT2D eigenvalue weighted by Crippen LogP contribution is -2.54. The Morgan fingerprint density at radius 3 is 2.43 bits per heavy atom. The van der Waals surface area contributed by atoms with Gasteiger partial charge in [-0.25, -0.2) is 21.9 Å². The number of hydrogen-bond acceptors (Lipinski definition) is 6. The van der Waals surface area contributed by atoms with Crippen molar-refractivity contribution in [3.63, 3.8) is 0 Å². The summed E-state index contributed by atoms with van der Waals surface area (Å²) in [6.07, 6.45) is -3.70. The highest BCUT2D eigenvalue weighted by atomic mass is 35.5. The Morgan fingerprint density at radius 2 is 1.80 bits per heavy atom. The van der Waals surface area contributed by atoms with Crippen molar-refractivity contribution in [2.75, 3.05) is 49.2 Å². The van der Waals surface area contributed by atoms with E-state index in [-0.39, 0.29) is 29.8 Å². The lowest BCUT2D eigenvalue weighted by Gasteiger charge is -2.43. The van der Waals surface area contributed by atoms with Crippen molar-refractivity contribution >= 4 is 44.8 Å². The molecule has 9 nitrogen and oxygen atoms in total. The van der Waals surface area contributed by atoms with Crippen LogP contribution in [-0.4, -0.2) is 76.3 Å². The number of nitrogens with one attached hydrogen (secondary N) is 3. The first-order chi connectivity index (χ1) is 20.4. The van der Waals surface area contributed by atoms with Gasteiger partial charge in [-0.2, -0.15) is 13.2 Å². The van der Waals surface area contributed by atoms with Crippen molar-refractivity contribution in [2.24, 2.45) is 5.92 Å². The topological polar surface area (TPSA) is 111 Å². The van der Waals surface area contributed by atoms with Crippen LogP contribution < -0.4 is 20.3 Å². The van der Waals surface area contributed by atoms with Gasteiger partial charge in [0.15, 0.2) is 11.6 Å². The van der Waals surface area contributed by atoms with Crippen molar-refractivity contribution in [2.45, 2.75) is 45.5 Å². The van der Waals surface area contributed by atoms with Crippen LogP contribution in [0.3, 0.4) is 0 Å². The molecule has 3 N–H and O–H groups in total. The second kappa shape index (κ2) is 14.8. The summed E-state index contributed by atoms with van der Waals surface area (Å²) in [6.45, 7) is 3.84. The van der Waals surface area contributed by atoms with Gasteiger partial charge in [-0.15, -0.1) is 0 Å². The highest BCUT2D eigenvalue weighted by Crippen LogP contribution is 2.33. The predicted octanol–water partition coefficient (Wildman–Crippen LogP) is 4.53. The summed E-state index contributed by atoms with van der Waals surface area (Å²) in [5.74, 6) is -4.33. The molecule has 1 saturated heterocycles. The third-order valence-electron chi connectivity index (χ3n) is 6.96. The van der Waals surface area contributed by atoms with Gasteiger partial charge in [-0.05, 0) is 36.6 Å². The molecule has 0 radical (unpaired) electrons. The van der Waals surface area contributed by atoms with Gasteiger partial charge < -0.3 is 15.5 Å². The summed E-state index contributed by atoms with van der Waals surface area (Å²) in [7, 11) is -3.63. The fraction of sp³-hybridized carbons (Fsp3) is 0.500. The molecular weight excluding hydrogens is 633 g/mol. The van der Waals surface area contributed by atoms with E-state index in [1.807, 2.05) is 28.4 Å². The zero-order valence-corrected chi connectivity index (χ0v) is 26.0. The molecule has 2 amide bonds. The van der Waals surface area contributed by atoms with E-state index in [1.165, 1.54) is 12.1 Å². The summed E-state index contributed by atoms with van der Waals surface area (Å²) in [5, 5.41) is 5.19. The molecule has 1 atom stereocenters. The Balaban J connectivity index is 1.75. The molecule has 2 aromatic rings. The standard InChI is InChI=1S/C28H35ClF5N5O4S/c1-17(2)12-20-16-39(11-10-38(20)9-8-28(32,33)34)23-13-19(29)5-7-22(23)37-27(41)21-6-4-18(25(30)26(21)31)14-35-24(40)15-36-44(3,42)43/h4-7,13,17,20,36H,8-12,14-16H2,1-3H3,(H,35,40)(H,37,41)/t20-/m0/s1. The Hall–Kier alpha value is -3.01. The second-order valence-corrected chi connectivity index (χ2v) is 13.3. The number of halogens is 6. The monoisotopic (exact) mass is 667 g/mol. The lowest BCUT2D eigenvalue weighted by molar-refractivity contribution is -0.139. The molecule has 0 bridgehead atoms. The fourth-order valence-electron chi connectivity index (χ4n) is 4.86. The van der Waals surface area contributed by atoms with Gasteiger partial charge in [0.05, 0.1) is 36.2 Å². The largest absolute Gasteiger partial charge is 0.390 e. The molecule has 1 heterocycles. The van der Waals surface area contributed by atoms with E-state index < -0.39 is 64.7 Å². The number of amides is 2. The molecule has 0 aliphatic carbocycles. The number of alkyl halides is 3. The molecule has 1 aliphatic rings. The van der Waals surface area contributed by atoms with E-state index >= 15 is 0 Å². The van der Waals surface area contributed by atoms with Crippen LogP contribution in [0.2, 0.25) is 5.02 Å².